The second-order valence-electron chi connectivity index (χ2n) is 4.22. The van der Waals surface area contributed by atoms with Crippen LogP contribution >= 0.6 is 0 Å². The summed E-state index contributed by atoms with van der Waals surface area (Å²) in [5, 5.41) is 19.0. The Hall–Kier alpha value is -0.600. The van der Waals surface area contributed by atoms with E-state index in [-0.39, 0.29) is 6.61 Å². The summed E-state index contributed by atoms with van der Waals surface area (Å²) in [6, 6.07) is 0. The molecule has 0 radical (unpaired) electrons. The van der Waals surface area contributed by atoms with Gasteiger partial charge in [0, 0.05) is 6.61 Å². The van der Waals surface area contributed by atoms with E-state index in [0.29, 0.717) is 12.8 Å². The van der Waals surface area contributed by atoms with Crippen molar-refractivity contribution < 1.29 is 10.2 Å². The molecular weight excluding hydrogens is 176 g/mol. The van der Waals surface area contributed by atoms with E-state index in [2.05, 4.69) is 19.6 Å². The van der Waals surface area contributed by atoms with Gasteiger partial charge in [0.05, 0.1) is 5.60 Å². The lowest BCUT2D eigenvalue weighted by Crippen LogP contribution is -2.32. The van der Waals surface area contributed by atoms with Crippen molar-refractivity contribution in [2.75, 3.05) is 6.61 Å². The summed E-state index contributed by atoms with van der Waals surface area (Å²) in [4.78, 5) is 0. The predicted molar refractivity (Wildman–Crippen MR) is 58.0 cm³/mol. The van der Waals surface area contributed by atoms with E-state index in [1.807, 2.05) is 0 Å². The van der Waals surface area contributed by atoms with Crippen LogP contribution in [0.1, 0.15) is 39.0 Å². The molecule has 0 heterocycles. The molecule has 0 aliphatic heterocycles. The number of hydrogen-bond acceptors (Lipinski definition) is 2. The third kappa shape index (κ3) is 2.69. The number of aliphatic hydroxyl groups is 2. The molecule has 0 saturated heterocycles. The lowest BCUT2D eigenvalue weighted by atomic mass is 9.79. The second kappa shape index (κ2) is 4.76. The summed E-state index contributed by atoms with van der Waals surface area (Å²) >= 11 is 0. The quantitative estimate of drug-likeness (QED) is 0.676. The van der Waals surface area contributed by atoms with Crippen molar-refractivity contribution in [2.24, 2.45) is 0 Å². The summed E-state index contributed by atoms with van der Waals surface area (Å²) in [6.07, 6.45) is 5.93. The van der Waals surface area contributed by atoms with Gasteiger partial charge in [-0.1, -0.05) is 18.2 Å². The molecule has 1 unspecified atom stereocenters. The fourth-order valence-electron chi connectivity index (χ4n) is 1.80. The molecule has 0 bridgehead atoms. The lowest BCUT2D eigenvalue weighted by molar-refractivity contribution is 0.0634. The molecule has 1 atom stereocenters. The van der Waals surface area contributed by atoms with E-state index in [4.69, 9.17) is 5.11 Å². The maximum atomic E-state index is 10.3. The van der Waals surface area contributed by atoms with E-state index in [1.54, 1.807) is 0 Å². The minimum Gasteiger partial charge on any atom is -0.396 e. The lowest BCUT2D eigenvalue weighted by Gasteiger charge is -2.33. The first-order valence-electron chi connectivity index (χ1n) is 5.25. The van der Waals surface area contributed by atoms with E-state index >= 15 is 0 Å². The fraction of sp³-hybridized carbons (Fsp3) is 0.667. The third-order valence-electron chi connectivity index (χ3n) is 3.02. The molecule has 1 aliphatic carbocycles. The van der Waals surface area contributed by atoms with Gasteiger partial charge in [-0.05, 0) is 44.6 Å². The highest BCUT2D eigenvalue weighted by Gasteiger charge is 2.30. The van der Waals surface area contributed by atoms with Gasteiger partial charge in [0.25, 0.3) is 0 Å². The van der Waals surface area contributed by atoms with Gasteiger partial charge in [-0.2, -0.15) is 0 Å². The van der Waals surface area contributed by atoms with Crippen molar-refractivity contribution >= 4 is 0 Å². The van der Waals surface area contributed by atoms with Crippen LogP contribution < -0.4 is 0 Å². The van der Waals surface area contributed by atoms with Crippen LogP contribution in [0, 0.1) is 0 Å². The molecule has 0 aromatic rings. The van der Waals surface area contributed by atoms with E-state index in [1.165, 1.54) is 5.57 Å². The van der Waals surface area contributed by atoms with Gasteiger partial charge in [0.2, 0.25) is 0 Å². The van der Waals surface area contributed by atoms with Gasteiger partial charge in [0.1, 0.15) is 0 Å². The monoisotopic (exact) mass is 196 g/mol. The summed E-state index contributed by atoms with van der Waals surface area (Å²) in [6.45, 7) is 6.19. The van der Waals surface area contributed by atoms with Crippen molar-refractivity contribution in [3.05, 3.63) is 23.8 Å². The number of aliphatic hydroxyl groups excluding tert-OH is 1. The van der Waals surface area contributed by atoms with Crippen molar-refractivity contribution in [3.8, 4) is 0 Å². The van der Waals surface area contributed by atoms with Crippen molar-refractivity contribution in [1.82, 2.24) is 0 Å². The first-order valence-corrected chi connectivity index (χ1v) is 5.25. The van der Waals surface area contributed by atoms with Gasteiger partial charge in [-0.15, -0.1) is 0 Å². The fourth-order valence-corrected chi connectivity index (χ4v) is 1.80. The maximum absolute atomic E-state index is 10.3. The maximum Gasteiger partial charge on any atom is 0.0891 e. The molecule has 0 aromatic heterocycles. The Bertz CT molecular complexity index is 243. The zero-order valence-corrected chi connectivity index (χ0v) is 8.92. The van der Waals surface area contributed by atoms with E-state index < -0.39 is 5.60 Å². The molecule has 80 valence electrons. The van der Waals surface area contributed by atoms with Gasteiger partial charge in [0.15, 0.2) is 0 Å². The van der Waals surface area contributed by atoms with E-state index in [0.717, 1.165) is 24.8 Å². The Morgan fingerprint density at radius 2 is 2.36 bits per heavy atom. The molecule has 0 spiro atoms. The highest BCUT2D eigenvalue weighted by Crippen LogP contribution is 2.34. The average molecular weight is 196 g/mol. The number of allylic oxidation sites excluding steroid dienone is 1. The zero-order valence-electron chi connectivity index (χ0n) is 8.92. The van der Waals surface area contributed by atoms with Crippen molar-refractivity contribution in [3.63, 3.8) is 0 Å². The summed E-state index contributed by atoms with van der Waals surface area (Å²) in [5.41, 5.74) is 1.51. The van der Waals surface area contributed by atoms with E-state index in [9.17, 15) is 5.11 Å². The summed E-state index contributed by atoms with van der Waals surface area (Å²) in [7, 11) is 0. The van der Waals surface area contributed by atoms with Crippen molar-refractivity contribution in [1.29, 1.82) is 0 Å². The van der Waals surface area contributed by atoms with Crippen LogP contribution in [0.25, 0.3) is 0 Å². The van der Waals surface area contributed by atoms with Gasteiger partial charge >= 0.3 is 0 Å². The predicted octanol–water partition coefficient (Wildman–Crippen LogP) is 2.18. The molecule has 0 aromatic carbocycles. The first kappa shape index (κ1) is 11.5. The first-order chi connectivity index (χ1) is 6.58. The Labute approximate surface area is 86.0 Å². The van der Waals surface area contributed by atoms with Crippen LogP contribution in [-0.4, -0.2) is 22.4 Å². The Morgan fingerprint density at radius 1 is 1.64 bits per heavy atom. The molecule has 1 rings (SSSR count). The molecule has 2 nitrogen and oxygen atoms in total. The SMILES string of the molecule is C=C(CCCO)C1(O)CC=C(C)CC1. The molecule has 2 N–H and O–H groups in total. The summed E-state index contributed by atoms with van der Waals surface area (Å²) < 4.78 is 0. The van der Waals surface area contributed by atoms with Crippen LogP contribution in [0.5, 0.6) is 0 Å². The number of hydrogen-bond donors (Lipinski definition) is 2. The Morgan fingerprint density at radius 3 is 2.86 bits per heavy atom. The van der Waals surface area contributed by atoms with Gasteiger partial charge < -0.3 is 10.2 Å². The Balaban J connectivity index is 2.53. The highest BCUT2D eigenvalue weighted by molar-refractivity contribution is 5.20. The summed E-state index contributed by atoms with van der Waals surface area (Å²) in [5.74, 6) is 0. The molecule has 0 saturated carbocycles. The van der Waals surface area contributed by atoms with Crippen LogP contribution in [0.2, 0.25) is 0 Å². The highest BCUT2D eigenvalue weighted by atomic mass is 16.3. The molecular formula is C12H20O2. The standard InChI is InChI=1S/C12H20O2/c1-10-5-7-12(14,8-6-10)11(2)4-3-9-13/h5,13-14H,2-4,6-9H2,1H3. The zero-order chi connectivity index (χ0) is 10.6. The largest absolute Gasteiger partial charge is 0.396 e. The molecule has 2 heteroatoms. The third-order valence-corrected chi connectivity index (χ3v) is 3.02. The Kier molecular flexibility index (Phi) is 3.90. The minimum absolute atomic E-state index is 0.171. The molecule has 1 aliphatic rings. The molecule has 0 amide bonds. The second-order valence-corrected chi connectivity index (χ2v) is 4.22. The van der Waals surface area contributed by atoms with Gasteiger partial charge in [-0.3, -0.25) is 0 Å². The van der Waals surface area contributed by atoms with Crippen LogP contribution in [0.15, 0.2) is 23.8 Å². The van der Waals surface area contributed by atoms with Crippen molar-refractivity contribution in [2.45, 2.75) is 44.6 Å². The van der Waals surface area contributed by atoms with Gasteiger partial charge in [-0.25, -0.2) is 0 Å². The smallest absolute Gasteiger partial charge is 0.0891 e. The van der Waals surface area contributed by atoms with Crippen LogP contribution in [0.4, 0.5) is 0 Å². The average Bonchev–Trinajstić information content (AvgIpc) is 2.19. The normalized spacial score (nSPS) is 27.2. The molecule has 0 fully saturated rings. The number of rotatable bonds is 4. The topological polar surface area (TPSA) is 40.5 Å². The minimum atomic E-state index is -0.714. The molecule has 14 heavy (non-hydrogen) atoms. The van der Waals surface area contributed by atoms with Crippen LogP contribution in [-0.2, 0) is 0 Å². The van der Waals surface area contributed by atoms with Crippen LogP contribution in [0.3, 0.4) is 0 Å².